The van der Waals surface area contributed by atoms with Gasteiger partial charge in [0.1, 0.15) is 0 Å². The smallest absolute Gasteiger partial charge is 0.163 e. The van der Waals surface area contributed by atoms with Crippen molar-refractivity contribution in [2.75, 3.05) is 32.7 Å². The Labute approximate surface area is 125 Å². The van der Waals surface area contributed by atoms with E-state index in [0.717, 1.165) is 38.7 Å². The zero-order valence-corrected chi connectivity index (χ0v) is 12.9. The summed E-state index contributed by atoms with van der Waals surface area (Å²) in [6.07, 6.45) is 1.11. The van der Waals surface area contributed by atoms with Gasteiger partial charge in [-0.3, -0.25) is 9.80 Å². The minimum atomic E-state index is -0.828. The van der Waals surface area contributed by atoms with E-state index in [1.54, 1.807) is 6.07 Å². The van der Waals surface area contributed by atoms with E-state index in [2.05, 4.69) is 23.6 Å². The molecule has 0 saturated carbocycles. The quantitative estimate of drug-likeness (QED) is 0.875. The molecule has 0 aliphatic carbocycles. The molecule has 3 nitrogen and oxygen atoms in total. The summed E-state index contributed by atoms with van der Waals surface area (Å²) in [6.45, 7) is 8.90. The molecule has 0 spiro atoms. The van der Waals surface area contributed by atoms with E-state index in [4.69, 9.17) is 5.73 Å². The SMILES string of the molecule is CCN(CC)C1CCN(CC(N)c2cccc(F)c2F)C1. The lowest BCUT2D eigenvalue weighted by molar-refractivity contribution is 0.208. The summed E-state index contributed by atoms with van der Waals surface area (Å²) in [7, 11) is 0. The van der Waals surface area contributed by atoms with Crippen molar-refractivity contribution < 1.29 is 8.78 Å². The molecule has 1 aliphatic rings. The summed E-state index contributed by atoms with van der Waals surface area (Å²) >= 11 is 0. The Morgan fingerprint density at radius 1 is 1.33 bits per heavy atom. The third-order valence-corrected chi connectivity index (χ3v) is 4.41. The molecule has 1 aliphatic heterocycles. The summed E-state index contributed by atoms with van der Waals surface area (Å²) in [5.74, 6) is -1.64. The molecular weight excluding hydrogens is 272 g/mol. The molecule has 2 atom stereocenters. The lowest BCUT2D eigenvalue weighted by atomic mass is 10.1. The fourth-order valence-electron chi connectivity index (χ4n) is 3.20. The van der Waals surface area contributed by atoms with E-state index < -0.39 is 17.7 Å². The molecule has 2 unspecified atom stereocenters. The van der Waals surface area contributed by atoms with Crippen molar-refractivity contribution in [1.82, 2.24) is 9.80 Å². The number of likely N-dealkylation sites (tertiary alicyclic amines) is 1. The monoisotopic (exact) mass is 297 g/mol. The van der Waals surface area contributed by atoms with Crippen LogP contribution in [-0.4, -0.2) is 48.6 Å². The Morgan fingerprint density at radius 3 is 2.71 bits per heavy atom. The molecule has 21 heavy (non-hydrogen) atoms. The van der Waals surface area contributed by atoms with Crippen LogP contribution in [0.15, 0.2) is 18.2 Å². The Balaban J connectivity index is 1.95. The third-order valence-electron chi connectivity index (χ3n) is 4.41. The van der Waals surface area contributed by atoms with Gasteiger partial charge in [-0.15, -0.1) is 0 Å². The number of benzene rings is 1. The van der Waals surface area contributed by atoms with Crippen molar-refractivity contribution in [3.63, 3.8) is 0 Å². The van der Waals surface area contributed by atoms with Crippen molar-refractivity contribution in [2.24, 2.45) is 5.73 Å². The Kier molecular flexibility index (Phi) is 5.67. The summed E-state index contributed by atoms with van der Waals surface area (Å²) in [6, 6.07) is 4.26. The van der Waals surface area contributed by atoms with Crippen LogP contribution in [0.1, 0.15) is 31.9 Å². The Hall–Kier alpha value is -1.04. The van der Waals surface area contributed by atoms with Crippen LogP contribution < -0.4 is 5.73 Å². The minimum absolute atomic E-state index is 0.265. The number of hydrogen-bond donors (Lipinski definition) is 1. The van der Waals surface area contributed by atoms with Gasteiger partial charge < -0.3 is 5.73 Å². The standard InChI is InChI=1S/C16H25F2N3/c1-3-21(4-2)12-8-9-20(10-12)11-15(19)13-6-5-7-14(17)16(13)18/h5-7,12,15H,3-4,8-11,19H2,1-2H3. The van der Waals surface area contributed by atoms with E-state index in [1.165, 1.54) is 6.07 Å². The van der Waals surface area contributed by atoms with Gasteiger partial charge in [-0.05, 0) is 32.1 Å². The van der Waals surface area contributed by atoms with Crippen LogP contribution in [0.2, 0.25) is 0 Å². The van der Waals surface area contributed by atoms with Crippen LogP contribution in [0.5, 0.6) is 0 Å². The summed E-state index contributed by atoms with van der Waals surface area (Å²) < 4.78 is 27.0. The molecule has 1 fully saturated rings. The van der Waals surface area contributed by atoms with E-state index >= 15 is 0 Å². The van der Waals surface area contributed by atoms with Crippen LogP contribution in [0.25, 0.3) is 0 Å². The van der Waals surface area contributed by atoms with Crippen LogP contribution >= 0.6 is 0 Å². The van der Waals surface area contributed by atoms with Gasteiger partial charge in [0.25, 0.3) is 0 Å². The highest BCUT2D eigenvalue weighted by molar-refractivity contribution is 5.22. The number of likely N-dealkylation sites (N-methyl/N-ethyl adjacent to an activating group) is 1. The molecule has 1 saturated heterocycles. The van der Waals surface area contributed by atoms with E-state index in [0.29, 0.717) is 12.6 Å². The molecule has 0 amide bonds. The van der Waals surface area contributed by atoms with E-state index in [1.807, 2.05) is 0 Å². The van der Waals surface area contributed by atoms with Gasteiger partial charge in [-0.2, -0.15) is 0 Å². The van der Waals surface area contributed by atoms with Crippen molar-refractivity contribution in [1.29, 1.82) is 0 Å². The molecule has 1 aromatic rings. The van der Waals surface area contributed by atoms with Crippen molar-refractivity contribution in [3.8, 4) is 0 Å². The minimum Gasteiger partial charge on any atom is -0.323 e. The highest BCUT2D eigenvalue weighted by atomic mass is 19.2. The fourth-order valence-corrected chi connectivity index (χ4v) is 3.20. The first-order valence-corrected chi connectivity index (χ1v) is 7.72. The van der Waals surface area contributed by atoms with Gasteiger partial charge >= 0.3 is 0 Å². The maximum absolute atomic E-state index is 13.8. The average molecular weight is 297 g/mol. The maximum Gasteiger partial charge on any atom is 0.163 e. The topological polar surface area (TPSA) is 32.5 Å². The maximum atomic E-state index is 13.8. The number of halogens is 2. The highest BCUT2D eigenvalue weighted by Crippen LogP contribution is 2.21. The molecule has 118 valence electrons. The molecular formula is C16H25F2N3. The van der Waals surface area contributed by atoms with Crippen LogP contribution in [-0.2, 0) is 0 Å². The zero-order valence-electron chi connectivity index (χ0n) is 12.9. The molecule has 0 bridgehead atoms. The van der Waals surface area contributed by atoms with Gasteiger partial charge in [0, 0.05) is 30.7 Å². The predicted octanol–water partition coefficient (Wildman–Crippen LogP) is 2.38. The number of hydrogen-bond acceptors (Lipinski definition) is 3. The van der Waals surface area contributed by atoms with E-state index in [-0.39, 0.29) is 5.56 Å². The third kappa shape index (κ3) is 3.78. The molecule has 1 heterocycles. The molecule has 0 radical (unpaired) electrons. The predicted molar refractivity (Wildman–Crippen MR) is 81.1 cm³/mol. The van der Waals surface area contributed by atoms with Gasteiger partial charge in [-0.25, -0.2) is 8.78 Å². The number of nitrogens with zero attached hydrogens (tertiary/aromatic N) is 2. The van der Waals surface area contributed by atoms with Gasteiger partial charge in [0.15, 0.2) is 11.6 Å². The first-order valence-electron chi connectivity index (χ1n) is 7.72. The molecule has 5 heteroatoms. The Bertz CT molecular complexity index is 463. The lowest BCUT2D eigenvalue weighted by Gasteiger charge is -2.27. The van der Waals surface area contributed by atoms with E-state index in [9.17, 15) is 8.78 Å². The highest BCUT2D eigenvalue weighted by Gasteiger charge is 2.28. The second-order valence-electron chi connectivity index (χ2n) is 5.67. The normalized spacial score (nSPS) is 21.1. The largest absolute Gasteiger partial charge is 0.323 e. The average Bonchev–Trinajstić information content (AvgIpc) is 2.91. The zero-order chi connectivity index (χ0) is 15.4. The van der Waals surface area contributed by atoms with Crippen molar-refractivity contribution in [3.05, 3.63) is 35.4 Å². The summed E-state index contributed by atoms with van der Waals surface area (Å²) in [5, 5.41) is 0. The molecule has 0 aromatic heterocycles. The first-order chi connectivity index (χ1) is 10.1. The van der Waals surface area contributed by atoms with Crippen molar-refractivity contribution in [2.45, 2.75) is 32.4 Å². The van der Waals surface area contributed by atoms with Crippen LogP contribution in [0.3, 0.4) is 0 Å². The number of rotatable bonds is 6. The molecule has 1 aromatic carbocycles. The summed E-state index contributed by atoms with van der Waals surface area (Å²) in [5.41, 5.74) is 6.33. The van der Waals surface area contributed by atoms with Crippen molar-refractivity contribution >= 4 is 0 Å². The second-order valence-corrected chi connectivity index (χ2v) is 5.67. The van der Waals surface area contributed by atoms with Gasteiger partial charge in [0.2, 0.25) is 0 Å². The molecule has 2 N–H and O–H groups in total. The lowest BCUT2D eigenvalue weighted by Crippen LogP contribution is -2.38. The van der Waals surface area contributed by atoms with Crippen LogP contribution in [0, 0.1) is 11.6 Å². The first kappa shape index (κ1) is 16.3. The number of nitrogens with two attached hydrogens (primary N) is 1. The Morgan fingerprint density at radius 2 is 2.05 bits per heavy atom. The fraction of sp³-hybridized carbons (Fsp3) is 0.625. The molecule has 2 rings (SSSR count). The van der Waals surface area contributed by atoms with Gasteiger partial charge in [-0.1, -0.05) is 26.0 Å². The van der Waals surface area contributed by atoms with Gasteiger partial charge in [0.05, 0.1) is 0 Å². The summed E-state index contributed by atoms with van der Waals surface area (Å²) in [4.78, 5) is 4.69. The second kappa shape index (κ2) is 7.29. The van der Waals surface area contributed by atoms with Crippen LogP contribution in [0.4, 0.5) is 8.78 Å².